The van der Waals surface area contributed by atoms with Crippen molar-refractivity contribution in [3.8, 4) is 11.5 Å². The summed E-state index contributed by atoms with van der Waals surface area (Å²) in [5.74, 6) is 1.56. The molecule has 12 nitrogen and oxygen atoms in total. The zero-order valence-corrected chi connectivity index (χ0v) is 21.0. The number of nitrogens with two attached hydrogens (primary N) is 1. The molecular formula is C23H29N7O5S. The number of nitrogen functional groups attached to an aromatic ring is 1. The fourth-order valence-electron chi connectivity index (χ4n) is 4.41. The molecule has 1 saturated heterocycles. The molecule has 0 radical (unpaired) electrons. The molecular weight excluding hydrogens is 486 g/mol. The molecule has 0 saturated carbocycles. The van der Waals surface area contributed by atoms with Crippen molar-refractivity contribution in [1.82, 2.24) is 20.1 Å². The first-order valence-electron chi connectivity index (χ1n) is 11.7. The zero-order valence-electron chi connectivity index (χ0n) is 20.2. The van der Waals surface area contributed by atoms with Crippen LogP contribution in [-0.2, 0) is 4.74 Å². The maximum atomic E-state index is 13.0. The van der Waals surface area contributed by atoms with Crippen LogP contribution in [0.4, 0.5) is 10.8 Å². The number of nitrogens with one attached hydrogen (secondary N) is 1. The average molecular weight is 516 g/mol. The van der Waals surface area contributed by atoms with Crippen LogP contribution in [0.2, 0.25) is 0 Å². The molecule has 1 amide bonds. The van der Waals surface area contributed by atoms with Crippen LogP contribution < -0.4 is 20.5 Å². The molecule has 1 aromatic heterocycles. The van der Waals surface area contributed by atoms with Crippen LogP contribution in [0, 0.1) is 6.92 Å². The molecule has 4 heterocycles. The molecule has 0 aliphatic carbocycles. The van der Waals surface area contributed by atoms with Gasteiger partial charge in [0.2, 0.25) is 5.96 Å². The van der Waals surface area contributed by atoms with Crippen LogP contribution in [0.3, 0.4) is 0 Å². The number of β-amino-alcohol motifs (C(OH)–C–C–N with tert-alkyl or cyclic N) is 1. The summed E-state index contributed by atoms with van der Waals surface area (Å²) in [6.07, 6.45) is -0.674. The Balaban J connectivity index is 1.38. The minimum absolute atomic E-state index is 0.0962. The van der Waals surface area contributed by atoms with E-state index in [2.05, 4.69) is 20.2 Å². The van der Waals surface area contributed by atoms with Crippen LogP contribution in [0.1, 0.15) is 20.9 Å². The van der Waals surface area contributed by atoms with E-state index in [9.17, 15) is 9.90 Å². The predicted octanol–water partition coefficient (Wildman–Crippen LogP) is 0.608. The number of amidine groups is 1. The lowest BCUT2D eigenvalue weighted by atomic mass is 10.1. The molecule has 2 aromatic rings. The molecule has 0 unspecified atom stereocenters. The number of benzene rings is 1. The van der Waals surface area contributed by atoms with Crippen molar-refractivity contribution < 1.29 is 24.1 Å². The van der Waals surface area contributed by atoms with Gasteiger partial charge in [-0.3, -0.25) is 24.9 Å². The van der Waals surface area contributed by atoms with Crippen LogP contribution >= 0.6 is 11.3 Å². The molecule has 1 aromatic carbocycles. The van der Waals surface area contributed by atoms with Gasteiger partial charge >= 0.3 is 0 Å². The van der Waals surface area contributed by atoms with E-state index in [0.717, 1.165) is 30.0 Å². The number of guanidine groups is 1. The highest BCUT2D eigenvalue weighted by molar-refractivity contribution is 7.17. The number of carbonyl (C=O) groups excluding carboxylic acids is 1. The SMILES string of the molecule is COc1c(OC[C@@H](O)CN2CCOCC2)ccc2c1N=C(NC(=O)c1sc(N)nc1C)N1CCN=C21. The molecule has 36 heavy (non-hydrogen) atoms. The molecule has 5 rings (SSSR count). The maximum absolute atomic E-state index is 13.0. The first-order valence-corrected chi connectivity index (χ1v) is 12.5. The Hall–Kier alpha value is -3.26. The van der Waals surface area contributed by atoms with Gasteiger partial charge in [-0.05, 0) is 19.1 Å². The molecule has 1 fully saturated rings. The van der Waals surface area contributed by atoms with Gasteiger partial charge in [0.15, 0.2) is 16.6 Å². The first kappa shape index (κ1) is 24.4. The summed E-state index contributed by atoms with van der Waals surface area (Å²) >= 11 is 1.13. The maximum Gasteiger partial charge on any atom is 0.270 e. The Morgan fingerprint density at radius 1 is 1.33 bits per heavy atom. The number of aryl methyl sites for hydroxylation is 1. The second kappa shape index (κ2) is 10.4. The van der Waals surface area contributed by atoms with E-state index in [1.54, 1.807) is 13.0 Å². The van der Waals surface area contributed by atoms with Crippen molar-refractivity contribution in [3.05, 3.63) is 28.3 Å². The summed E-state index contributed by atoms with van der Waals surface area (Å²) in [4.78, 5) is 30.9. The summed E-state index contributed by atoms with van der Waals surface area (Å²) in [5, 5.41) is 13.7. The third-order valence-corrected chi connectivity index (χ3v) is 7.09. The minimum atomic E-state index is -0.674. The van der Waals surface area contributed by atoms with Crippen molar-refractivity contribution in [2.75, 3.05) is 65.4 Å². The van der Waals surface area contributed by atoms with E-state index in [1.807, 2.05) is 11.0 Å². The zero-order chi connectivity index (χ0) is 25.2. The number of nitrogens with zero attached hydrogens (tertiary/aromatic N) is 5. The van der Waals surface area contributed by atoms with E-state index in [-0.39, 0.29) is 12.5 Å². The number of thiazole rings is 1. The summed E-state index contributed by atoms with van der Waals surface area (Å²) in [7, 11) is 1.53. The number of aliphatic hydroxyl groups is 1. The minimum Gasteiger partial charge on any atom is -0.491 e. The van der Waals surface area contributed by atoms with Gasteiger partial charge in [-0.25, -0.2) is 9.98 Å². The second-order valence-corrected chi connectivity index (χ2v) is 9.61. The molecule has 0 bridgehead atoms. The van der Waals surface area contributed by atoms with Crippen molar-refractivity contribution >= 4 is 39.9 Å². The number of amides is 1. The highest BCUT2D eigenvalue weighted by Gasteiger charge is 2.34. The number of carbonyl (C=O) groups is 1. The smallest absolute Gasteiger partial charge is 0.270 e. The quantitative estimate of drug-likeness (QED) is 0.482. The molecule has 1 atom stereocenters. The Kier molecular flexibility index (Phi) is 7.05. The van der Waals surface area contributed by atoms with Crippen molar-refractivity contribution in [2.45, 2.75) is 13.0 Å². The average Bonchev–Trinajstić information content (AvgIpc) is 3.49. The van der Waals surface area contributed by atoms with Crippen molar-refractivity contribution in [1.29, 1.82) is 0 Å². The van der Waals surface area contributed by atoms with Crippen molar-refractivity contribution in [2.24, 2.45) is 9.98 Å². The number of hydrogen-bond donors (Lipinski definition) is 3. The normalized spacial score (nSPS) is 18.1. The largest absolute Gasteiger partial charge is 0.491 e. The molecule has 192 valence electrons. The summed E-state index contributed by atoms with van der Waals surface area (Å²) in [6, 6.07) is 3.66. The van der Waals surface area contributed by atoms with Gasteiger partial charge in [-0.15, -0.1) is 0 Å². The Morgan fingerprint density at radius 3 is 2.86 bits per heavy atom. The van der Waals surface area contributed by atoms with Gasteiger partial charge in [0, 0.05) is 31.7 Å². The number of fused-ring (bicyclic) bond motifs is 3. The molecule has 3 aliphatic rings. The number of aliphatic hydroxyl groups excluding tert-OH is 1. The van der Waals surface area contributed by atoms with Gasteiger partial charge in [0.05, 0.1) is 32.6 Å². The standard InChI is InChI=1S/C23H29N7O5S/c1-13-19(36-22(24)26-13)21(32)28-23-27-17-15(20-25-5-6-30(20)23)3-4-16(18(17)33-2)35-12-14(31)11-29-7-9-34-10-8-29/h3-4,14,31H,5-12H2,1-2H3,(H2,24,26)(H,27,28,32)/t14-/m0/s1. The fourth-order valence-corrected chi connectivity index (χ4v) is 5.14. The molecule has 0 spiro atoms. The van der Waals surface area contributed by atoms with Crippen LogP contribution in [0.25, 0.3) is 0 Å². The molecule has 13 heteroatoms. The Labute approximate surface area is 212 Å². The summed E-state index contributed by atoms with van der Waals surface area (Å²) in [5.41, 5.74) is 7.61. The lowest BCUT2D eigenvalue weighted by molar-refractivity contribution is 0.00446. The topological polar surface area (TPSA) is 147 Å². The van der Waals surface area contributed by atoms with Crippen LogP contribution in [0.15, 0.2) is 22.1 Å². The van der Waals surface area contributed by atoms with Gasteiger partial charge in [-0.2, -0.15) is 0 Å². The van der Waals surface area contributed by atoms with Gasteiger partial charge in [-0.1, -0.05) is 11.3 Å². The third kappa shape index (κ3) is 4.87. The first-order chi connectivity index (χ1) is 17.4. The summed E-state index contributed by atoms with van der Waals surface area (Å²) in [6.45, 7) is 6.40. The monoisotopic (exact) mass is 515 g/mol. The lowest BCUT2D eigenvalue weighted by Crippen LogP contribution is -2.47. The number of hydrogen-bond acceptors (Lipinski definition) is 12. The number of aromatic nitrogens is 1. The Morgan fingerprint density at radius 2 is 2.14 bits per heavy atom. The number of ether oxygens (including phenoxy) is 3. The Bertz CT molecular complexity index is 1210. The number of morpholine rings is 1. The van der Waals surface area contributed by atoms with E-state index in [1.165, 1.54) is 7.11 Å². The third-order valence-electron chi connectivity index (χ3n) is 6.10. The van der Waals surface area contributed by atoms with Crippen molar-refractivity contribution in [3.63, 3.8) is 0 Å². The van der Waals surface area contributed by atoms with Crippen LogP contribution in [0.5, 0.6) is 11.5 Å². The van der Waals surface area contributed by atoms with E-state index in [4.69, 9.17) is 24.9 Å². The number of methoxy groups -OCH3 is 1. The van der Waals surface area contributed by atoms with Gasteiger partial charge < -0.3 is 25.1 Å². The van der Waals surface area contributed by atoms with Gasteiger partial charge in [0.1, 0.15) is 29.1 Å². The second-order valence-electron chi connectivity index (χ2n) is 8.58. The highest BCUT2D eigenvalue weighted by atomic mass is 32.1. The predicted molar refractivity (Wildman–Crippen MR) is 136 cm³/mol. The van der Waals surface area contributed by atoms with Gasteiger partial charge in [0.25, 0.3) is 5.91 Å². The van der Waals surface area contributed by atoms with E-state index >= 15 is 0 Å². The molecule has 3 aliphatic heterocycles. The number of anilines is 1. The van der Waals surface area contributed by atoms with Crippen LogP contribution in [-0.4, -0.2) is 103 Å². The molecule has 4 N–H and O–H groups in total. The summed E-state index contributed by atoms with van der Waals surface area (Å²) < 4.78 is 17.0. The van der Waals surface area contributed by atoms with E-state index < -0.39 is 6.10 Å². The number of rotatable bonds is 7. The fraction of sp³-hybridized carbons (Fsp3) is 0.478. The number of aliphatic imine (C=N–C) groups is 2. The van der Waals surface area contributed by atoms with E-state index in [0.29, 0.717) is 77.5 Å². The highest BCUT2D eigenvalue weighted by Crippen LogP contribution is 2.43. The lowest BCUT2D eigenvalue weighted by Gasteiger charge is -2.29.